The minimum absolute atomic E-state index is 0.0186. The normalized spacial score (nSPS) is 10.6. The van der Waals surface area contributed by atoms with Gasteiger partial charge in [-0.1, -0.05) is 0 Å². The van der Waals surface area contributed by atoms with Crippen molar-refractivity contribution in [1.82, 2.24) is 19.9 Å². The molecule has 0 unspecified atom stereocenters. The molecule has 0 spiro atoms. The highest BCUT2D eigenvalue weighted by Gasteiger charge is 2.21. The summed E-state index contributed by atoms with van der Waals surface area (Å²) in [5.41, 5.74) is 4.30. The van der Waals surface area contributed by atoms with Gasteiger partial charge in [0.15, 0.2) is 23.0 Å². The Morgan fingerprint density at radius 1 is 0.507 bits per heavy atom. The number of aromatic nitrogens is 4. The molecule has 20 heteroatoms. The lowest BCUT2D eigenvalue weighted by molar-refractivity contribution is 0.0599. The minimum atomic E-state index is -1.12. The molecule has 8 rings (SSSR count). The fraction of sp³-hybridized carbons (Fsp3) is 0.149. The monoisotopic (exact) mass is 944 g/mol. The number of ether oxygens (including phenoxy) is 7. The predicted octanol–water partition coefficient (Wildman–Crippen LogP) is 8.76. The molecule has 0 bridgehead atoms. The van der Waals surface area contributed by atoms with Crippen molar-refractivity contribution in [2.45, 2.75) is 0 Å². The molecule has 0 radical (unpaired) electrons. The number of nitrogens with one attached hydrogen (secondary N) is 2. The summed E-state index contributed by atoms with van der Waals surface area (Å²) in [6, 6.07) is 19.2. The van der Waals surface area contributed by atoms with Gasteiger partial charge in [-0.3, -0.25) is 19.6 Å². The second-order valence-electron chi connectivity index (χ2n) is 13.9. The van der Waals surface area contributed by atoms with Gasteiger partial charge in [-0.15, -0.1) is 22.7 Å². The Labute approximate surface area is 390 Å². The summed E-state index contributed by atoms with van der Waals surface area (Å²) in [4.78, 5) is 67.5. The van der Waals surface area contributed by atoms with E-state index in [4.69, 9.17) is 33.2 Å². The number of thiazole rings is 2. The first-order valence-electron chi connectivity index (χ1n) is 19.7. The predicted molar refractivity (Wildman–Crippen MR) is 252 cm³/mol. The van der Waals surface area contributed by atoms with Gasteiger partial charge in [-0.25, -0.2) is 19.6 Å². The number of methoxy groups -OCH3 is 7. The van der Waals surface area contributed by atoms with Crippen LogP contribution in [0.5, 0.6) is 34.5 Å². The van der Waals surface area contributed by atoms with Crippen LogP contribution in [0.2, 0.25) is 0 Å². The summed E-state index contributed by atoms with van der Waals surface area (Å²) in [7, 11) is 10.1. The molecule has 67 heavy (non-hydrogen) atoms. The van der Waals surface area contributed by atoms with E-state index in [9.17, 15) is 24.3 Å². The van der Waals surface area contributed by atoms with Gasteiger partial charge in [-0.2, -0.15) is 0 Å². The Bertz CT molecular complexity index is 3060. The molecule has 0 saturated carbocycles. The summed E-state index contributed by atoms with van der Waals surface area (Å²) in [5.74, 6) is -0.486. The molecule has 4 aromatic heterocycles. The summed E-state index contributed by atoms with van der Waals surface area (Å²) < 4.78 is 38.5. The number of carboxylic acids is 1. The maximum absolute atomic E-state index is 13.1. The number of carbonyl (C=O) groups excluding carboxylic acids is 3. The molecule has 0 aliphatic heterocycles. The topological polar surface area (TPSA) is 229 Å². The Morgan fingerprint density at radius 2 is 0.910 bits per heavy atom. The van der Waals surface area contributed by atoms with Crippen LogP contribution in [0.4, 0.5) is 11.4 Å². The number of esters is 1. The number of nitrogens with zero attached hydrogens (tertiary/aromatic N) is 4. The highest BCUT2D eigenvalue weighted by molar-refractivity contribution is 7.22. The first-order chi connectivity index (χ1) is 32.4. The minimum Gasteiger partial charge on any atom is -0.493 e. The molecule has 2 amide bonds. The van der Waals surface area contributed by atoms with E-state index < -0.39 is 23.8 Å². The number of benzene rings is 4. The number of hydrogen-bond acceptors (Lipinski definition) is 17. The average molecular weight is 945 g/mol. The molecule has 18 nitrogen and oxygen atoms in total. The van der Waals surface area contributed by atoms with Gasteiger partial charge in [0.25, 0.3) is 11.8 Å². The molecule has 0 atom stereocenters. The highest BCUT2D eigenvalue weighted by Crippen LogP contribution is 2.40. The van der Waals surface area contributed by atoms with Crippen molar-refractivity contribution in [3.8, 4) is 55.6 Å². The number of hydrogen-bond donors (Lipinski definition) is 3. The number of pyridine rings is 2. The van der Waals surface area contributed by atoms with Gasteiger partial charge in [0.1, 0.15) is 10.0 Å². The van der Waals surface area contributed by atoms with E-state index in [1.54, 1.807) is 67.3 Å². The molecule has 3 N–H and O–H groups in total. The Balaban J connectivity index is 0.000000199. The van der Waals surface area contributed by atoms with E-state index in [1.807, 2.05) is 6.07 Å². The SMILES string of the molecule is COC(=O)c1cc(NC(=O)c2cc(OC)c(OC)c(OC)c2)cc(-c2nc3ccncc3s2)c1.COc1cc(C(=O)Nc2cc(C(=O)O)cc(-c3nc4ccncc4s3)c2)cc(OC)c1OC. The first kappa shape index (κ1) is 46.6. The maximum Gasteiger partial charge on any atom is 0.337 e. The zero-order valence-corrected chi connectivity index (χ0v) is 38.4. The van der Waals surface area contributed by atoms with Crippen LogP contribution < -0.4 is 39.1 Å². The largest absolute Gasteiger partial charge is 0.493 e. The smallest absolute Gasteiger partial charge is 0.337 e. The van der Waals surface area contributed by atoms with E-state index in [2.05, 4.69) is 30.6 Å². The summed E-state index contributed by atoms with van der Waals surface area (Å²) in [6.45, 7) is 0. The second kappa shape index (κ2) is 20.6. The van der Waals surface area contributed by atoms with Crippen LogP contribution in [0.3, 0.4) is 0 Å². The van der Waals surface area contributed by atoms with Gasteiger partial charge < -0.3 is 48.9 Å². The third-order valence-corrected chi connectivity index (χ3v) is 11.9. The standard InChI is InChI=1S/C24H21N3O6S.C23H19N3O6S/c1-30-18-10-13(11-19(31-2)21(18)32-3)22(28)26-16-8-14(7-15(9-16)24(29)33-4)23-27-17-5-6-25-12-20(17)34-23;1-30-17-9-12(10-18(31-2)20(17)32-3)21(27)25-15-7-13(6-14(8-15)23(28)29)22-26-16-4-5-24-11-19(16)33-22/h5-12H,1-4H3,(H,26,28);4-11H,1-3H3,(H,25,27)(H,28,29). The number of fused-ring (bicyclic) bond motifs is 2. The number of carbonyl (C=O) groups is 4. The molecule has 4 heterocycles. The van der Waals surface area contributed by atoms with Crippen molar-refractivity contribution >= 4 is 78.2 Å². The molecule has 0 aliphatic rings. The van der Waals surface area contributed by atoms with Gasteiger partial charge in [-0.05, 0) is 72.8 Å². The van der Waals surface area contributed by atoms with Crippen LogP contribution in [0, 0.1) is 0 Å². The third kappa shape index (κ3) is 10.3. The molecule has 0 fully saturated rings. The Morgan fingerprint density at radius 3 is 1.27 bits per heavy atom. The number of anilines is 2. The van der Waals surface area contributed by atoms with Crippen LogP contribution in [-0.4, -0.2) is 98.6 Å². The summed E-state index contributed by atoms with van der Waals surface area (Å²) in [6.07, 6.45) is 6.74. The van der Waals surface area contributed by atoms with Crippen molar-refractivity contribution in [3.05, 3.63) is 120 Å². The fourth-order valence-electron chi connectivity index (χ4n) is 6.64. The van der Waals surface area contributed by atoms with Crippen LogP contribution in [0.1, 0.15) is 41.4 Å². The lowest BCUT2D eigenvalue weighted by atomic mass is 10.1. The zero-order chi connectivity index (χ0) is 47.8. The second-order valence-corrected chi connectivity index (χ2v) is 15.9. The van der Waals surface area contributed by atoms with E-state index in [0.717, 1.165) is 20.4 Å². The number of aromatic carboxylic acids is 1. The summed E-state index contributed by atoms with van der Waals surface area (Å²) in [5, 5.41) is 16.4. The molecule has 4 aromatic carbocycles. The first-order valence-corrected chi connectivity index (χ1v) is 21.3. The van der Waals surface area contributed by atoms with E-state index in [1.165, 1.54) is 96.7 Å². The van der Waals surface area contributed by atoms with Crippen molar-refractivity contribution in [2.75, 3.05) is 60.4 Å². The molecular formula is C47H40N6O12S2. The molecule has 0 aliphatic carbocycles. The van der Waals surface area contributed by atoms with Crippen LogP contribution >= 0.6 is 22.7 Å². The molecule has 8 aromatic rings. The zero-order valence-electron chi connectivity index (χ0n) is 36.8. The quantitative estimate of drug-likeness (QED) is 0.0865. The number of rotatable bonds is 14. The maximum atomic E-state index is 13.1. The van der Waals surface area contributed by atoms with Gasteiger partial charge >= 0.3 is 11.9 Å². The fourth-order valence-corrected chi connectivity index (χ4v) is 8.48. The van der Waals surface area contributed by atoms with Crippen LogP contribution in [0.25, 0.3) is 41.6 Å². The van der Waals surface area contributed by atoms with E-state index >= 15 is 0 Å². The number of carboxylic acid groups (broad SMARTS) is 1. The Hall–Kier alpha value is -8.36. The van der Waals surface area contributed by atoms with Crippen LogP contribution in [0.15, 0.2) is 97.6 Å². The highest BCUT2D eigenvalue weighted by atomic mass is 32.1. The van der Waals surface area contributed by atoms with E-state index in [-0.39, 0.29) is 22.3 Å². The molecular weight excluding hydrogens is 905 g/mol. The van der Waals surface area contributed by atoms with E-state index in [0.29, 0.717) is 67.0 Å². The van der Waals surface area contributed by atoms with Gasteiger partial charge in [0.05, 0.1) is 81.3 Å². The van der Waals surface area contributed by atoms with Gasteiger partial charge in [0.2, 0.25) is 11.5 Å². The lowest BCUT2D eigenvalue weighted by Gasteiger charge is -2.14. The summed E-state index contributed by atoms with van der Waals surface area (Å²) >= 11 is 2.81. The third-order valence-electron chi connectivity index (χ3n) is 9.78. The average Bonchev–Trinajstić information content (AvgIpc) is 4.00. The van der Waals surface area contributed by atoms with Gasteiger partial charge in [0, 0.05) is 58.4 Å². The van der Waals surface area contributed by atoms with Crippen molar-refractivity contribution in [3.63, 3.8) is 0 Å². The van der Waals surface area contributed by atoms with Crippen LogP contribution in [-0.2, 0) is 4.74 Å². The van der Waals surface area contributed by atoms with Crippen molar-refractivity contribution < 1.29 is 57.4 Å². The lowest BCUT2D eigenvalue weighted by Crippen LogP contribution is -2.13. The number of amides is 2. The molecule has 342 valence electrons. The Kier molecular flexibility index (Phi) is 14.4. The van der Waals surface area contributed by atoms with Crippen molar-refractivity contribution in [2.24, 2.45) is 0 Å². The molecule has 0 saturated heterocycles. The van der Waals surface area contributed by atoms with Crippen molar-refractivity contribution in [1.29, 1.82) is 0 Å².